The van der Waals surface area contributed by atoms with Crippen LogP contribution in [0.2, 0.25) is 0 Å². The first-order valence-corrected chi connectivity index (χ1v) is 9.46. The van der Waals surface area contributed by atoms with Crippen molar-refractivity contribution < 1.29 is 15.7 Å². The molecule has 3 heteroatoms. The van der Waals surface area contributed by atoms with Crippen LogP contribution in [0.15, 0.2) is 20.6 Å². The summed E-state index contributed by atoms with van der Waals surface area (Å²) < 4.78 is 1.32. The van der Waals surface area contributed by atoms with E-state index in [9.17, 15) is 0 Å². The van der Waals surface area contributed by atoms with Crippen molar-refractivity contribution in [1.29, 1.82) is 0 Å². The van der Waals surface area contributed by atoms with E-state index in [0.717, 1.165) is 0 Å². The molecule has 0 amide bonds. The van der Waals surface area contributed by atoms with Gasteiger partial charge in [-0.2, -0.15) is 0 Å². The van der Waals surface area contributed by atoms with Crippen molar-refractivity contribution in [2.24, 2.45) is 5.41 Å². The minimum absolute atomic E-state index is 0.104. The molecule has 0 aromatic heterocycles. The molecular weight excluding hydrogens is 239 g/mol. The fraction of sp³-hybridized carbons (Fsp3) is 0.600. The second-order valence-corrected chi connectivity index (χ2v) is 9.64. The molecule has 1 aliphatic rings. The van der Waals surface area contributed by atoms with Crippen molar-refractivity contribution in [3.05, 3.63) is 20.6 Å². The van der Waals surface area contributed by atoms with Crippen LogP contribution in [0.5, 0.6) is 0 Å². The third kappa shape index (κ3) is 1.79. The van der Waals surface area contributed by atoms with Crippen LogP contribution in [0.4, 0.5) is 0 Å². The summed E-state index contributed by atoms with van der Waals surface area (Å²) in [5, 5.41) is 0. The van der Waals surface area contributed by atoms with E-state index in [1.54, 1.807) is 0 Å². The van der Waals surface area contributed by atoms with Crippen LogP contribution in [0.1, 0.15) is 34.6 Å². The molecule has 0 spiro atoms. The summed E-state index contributed by atoms with van der Waals surface area (Å²) in [5.74, 6) is 0. The Labute approximate surface area is 94.6 Å². The molecule has 0 saturated carbocycles. The predicted molar refractivity (Wildman–Crippen MR) is 56.6 cm³/mol. The van der Waals surface area contributed by atoms with Crippen LogP contribution in [-0.2, 0) is 15.7 Å². The predicted octanol–water partition coefficient (Wildman–Crippen LogP) is 4.56. The molecule has 1 aliphatic carbocycles. The quantitative estimate of drug-likeness (QED) is 0.601. The molecule has 0 unspecified atom stereocenters. The van der Waals surface area contributed by atoms with E-state index in [1.807, 2.05) is 0 Å². The average Bonchev–Trinajstić information content (AvgIpc) is 2.12. The van der Waals surface area contributed by atoms with Crippen LogP contribution in [0.25, 0.3) is 0 Å². The zero-order chi connectivity index (χ0) is 10.4. The number of allylic oxidation sites excluding steroid dienone is 4. The van der Waals surface area contributed by atoms with Crippen molar-refractivity contribution >= 4 is 18.6 Å². The molecule has 0 radical (unpaired) electrons. The van der Waals surface area contributed by atoms with Gasteiger partial charge in [0, 0.05) is 0 Å². The molecule has 1 rings (SSSR count). The molecule has 0 aromatic carbocycles. The minimum atomic E-state index is -1.96. The Kier molecular flexibility index (Phi) is 3.40. The van der Waals surface area contributed by atoms with E-state index in [1.165, 1.54) is 20.6 Å². The monoisotopic (exact) mass is 253 g/mol. The Hall–Kier alpha value is 0.774. The zero-order valence-electron chi connectivity index (χ0n) is 8.76. The number of halogens is 2. The summed E-state index contributed by atoms with van der Waals surface area (Å²) in [7, 11) is 12.3. The molecule has 73 valence electrons. The van der Waals surface area contributed by atoms with E-state index in [0.29, 0.717) is 0 Å². The Morgan fingerprint density at radius 2 is 1.46 bits per heavy atom. The molecule has 13 heavy (non-hydrogen) atoms. The van der Waals surface area contributed by atoms with E-state index in [4.69, 9.17) is 18.6 Å². The molecule has 0 aliphatic heterocycles. The second-order valence-electron chi connectivity index (χ2n) is 4.14. The van der Waals surface area contributed by atoms with E-state index in [-0.39, 0.29) is 5.41 Å². The van der Waals surface area contributed by atoms with Gasteiger partial charge in [0.2, 0.25) is 0 Å². The first-order chi connectivity index (χ1) is 5.80. The number of hydrogen-bond acceptors (Lipinski definition) is 0. The Bertz CT molecular complexity index is 298. The van der Waals surface area contributed by atoms with Gasteiger partial charge >= 0.3 is 95.0 Å². The first kappa shape index (κ1) is 11.8. The van der Waals surface area contributed by atoms with Gasteiger partial charge in [-0.15, -0.1) is 0 Å². The van der Waals surface area contributed by atoms with Gasteiger partial charge in [-0.1, -0.05) is 0 Å². The summed E-state index contributed by atoms with van der Waals surface area (Å²) >= 11 is -1.96. The third-order valence-corrected chi connectivity index (χ3v) is 6.96. The SMILES string of the molecule is CC1=C(C)C(C)(C)[C]([Ti]([Cl])[Cl])=C1C. The van der Waals surface area contributed by atoms with Crippen molar-refractivity contribution in [2.75, 3.05) is 0 Å². The Morgan fingerprint density at radius 1 is 1.00 bits per heavy atom. The van der Waals surface area contributed by atoms with Crippen molar-refractivity contribution in [3.63, 3.8) is 0 Å². The third-order valence-electron chi connectivity index (χ3n) is 3.25. The summed E-state index contributed by atoms with van der Waals surface area (Å²) in [5.41, 5.74) is 4.24. The van der Waals surface area contributed by atoms with Gasteiger partial charge in [0.25, 0.3) is 0 Å². The average molecular weight is 254 g/mol. The van der Waals surface area contributed by atoms with Crippen LogP contribution in [0, 0.1) is 5.41 Å². The normalized spacial score (nSPS) is 21.5. The van der Waals surface area contributed by atoms with Crippen molar-refractivity contribution in [3.8, 4) is 0 Å². The Morgan fingerprint density at radius 3 is 1.62 bits per heavy atom. The summed E-state index contributed by atoms with van der Waals surface area (Å²) in [6.07, 6.45) is 0. The van der Waals surface area contributed by atoms with Crippen molar-refractivity contribution in [2.45, 2.75) is 34.6 Å². The van der Waals surface area contributed by atoms with Crippen LogP contribution >= 0.6 is 18.6 Å². The van der Waals surface area contributed by atoms with Gasteiger partial charge in [-0.05, 0) is 0 Å². The molecule has 0 N–H and O–H groups in total. The Balaban J connectivity index is 3.28. The standard InChI is InChI=1S/C10H15.2ClH.Ti/c1-7-6-10(4,5)9(3)8(7)2;;;/h1-5H3;2*1H;/q;;;+2/p-2. The van der Waals surface area contributed by atoms with Crippen molar-refractivity contribution in [1.82, 2.24) is 0 Å². The van der Waals surface area contributed by atoms with Crippen LogP contribution < -0.4 is 0 Å². The number of rotatable bonds is 1. The molecule has 0 atom stereocenters. The maximum absolute atomic E-state index is 6.14. The van der Waals surface area contributed by atoms with Gasteiger partial charge in [-0.25, -0.2) is 0 Å². The van der Waals surface area contributed by atoms with Gasteiger partial charge in [0.1, 0.15) is 0 Å². The summed E-state index contributed by atoms with van der Waals surface area (Å²) in [6.45, 7) is 10.9. The fourth-order valence-corrected chi connectivity index (χ4v) is 6.85. The molecule has 0 heterocycles. The van der Waals surface area contributed by atoms with Gasteiger partial charge in [0.15, 0.2) is 0 Å². The second kappa shape index (κ2) is 3.74. The van der Waals surface area contributed by atoms with E-state index < -0.39 is 15.7 Å². The molecule has 0 bridgehead atoms. The van der Waals surface area contributed by atoms with Crippen LogP contribution in [-0.4, -0.2) is 0 Å². The molecule has 0 nitrogen and oxygen atoms in total. The summed E-state index contributed by atoms with van der Waals surface area (Å²) in [4.78, 5) is 0. The molecule has 0 saturated heterocycles. The van der Waals surface area contributed by atoms with Gasteiger partial charge < -0.3 is 0 Å². The van der Waals surface area contributed by atoms with Gasteiger partial charge in [-0.3, -0.25) is 0 Å². The fourth-order valence-electron chi connectivity index (χ4n) is 1.97. The van der Waals surface area contributed by atoms with E-state index >= 15 is 0 Å². The maximum atomic E-state index is 6.14. The molecule has 0 fully saturated rings. The van der Waals surface area contributed by atoms with Crippen LogP contribution in [0.3, 0.4) is 0 Å². The number of hydrogen-bond donors (Lipinski definition) is 0. The van der Waals surface area contributed by atoms with Gasteiger partial charge in [0.05, 0.1) is 0 Å². The molecular formula is C10H15Cl2Ti. The van der Waals surface area contributed by atoms with E-state index in [2.05, 4.69) is 34.6 Å². The zero-order valence-corrected chi connectivity index (χ0v) is 11.8. The molecule has 0 aromatic rings. The first-order valence-electron chi connectivity index (χ1n) is 4.38. The summed E-state index contributed by atoms with van der Waals surface area (Å²) in [6, 6.07) is 0. The topological polar surface area (TPSA) is 0 Å².